The number of ether oxygens (including phenoxy) is 1. The lowest BCUT2D eigenvalue weighted by Crippen LogP contribution is -2.31. The molecule has 0 fully saturated rings. The van der Waals surface area contributed by atoms with Gasteiger partial charge in [0.1, 0.15) is 0 Å². The van der Waals surface area contributed by atoms with Crippen LogP contribution in [-0.4, -0.2) is 34.7 Å². The predicted octanol–water partition coefficient (Wildman–Crippen LogP) is 5.50. The highest BCUT2D eigenvalue weighted by Crippen LogP contribution is 2.44. The first kappa shape index (κ1) is 23.5. The largest absolute Gasteiger partial charge is 0.503 e. The summed E-state index contributed by atoms with van der Waals surface area (Å²) in [7, 11) is 1.50. The number of ketones is 2. The number of aliphatic hydroxyl groups excluding tert-OH is 1. The van der Waals surface area contributed by atoms with Crippen LogP contribution < -0.4 is 9.64 Å². The van der Waals surface area contributed by atoms with Crippen LogP contribution in [0.1, 0.15) is 50.0 Å². The fourth-order valence-electron chi connectivity index (χ4n) is 4.35. The second-order valence-corrected chi connectivity index (χ2v) is 9.51. The molecule has 0 saturated carbocycles. The van der Waals surface area contributed by atoms with Gasteiger partial charge in [0.2, 0.25) is 5.78 Å². The molecule has 1 unspecified atom stereocenters. The summed E-state index contributed by atoms with van der Waals surface area (Å²) < 4.78 is 11.2. The van der Waals surface area contributed by atoms with Gasteiger partial charge in [0, 0.05) is 12.3 Å². The Kier molecular flexibility index (Phi) is 5.72. The van der Waals surface area contributed by atoms with Crippen LogP contribution in [-0.2, 0) is 4.79 Å². The lowest BCUT2D eigenvalue weighted by Gasteiger charge is -2.24. The Balaban J connectivity index is 1.66. The van der Waals surface area contributed by atoms with E-state index in [2.05, 4.69) is 4.98 Å². The zero-order valence-electron chi connectivity index (χ0n) is 20.0. The highest BCUT2D eigenvalue weighted by molar-refractivity contribution is 7.17. The Bertz CT molecular complexity index is 1580. The van der Waals surface area contributed by atoms with Crippen molar-refractivity contribution >= 4 is 44.9 Å². The fraction of sp³-hybridized carbons (Fsp3) is 0.185. The average Bonchev–Trinajstić information content (AvgIpc) is 3.53. The zero-order valence-corrected chi connectivity index (χ0v) is 20.8. The lowest BCUT2D eigenvalue weighted by molar-refractivity contribution is -0.117. The standard InChI is InChI=1S/C27H22N2O6S/c1-13-8-10-16(11-9-13)21-20(22(31)19-12-17-6-5-7-18(34-4)24(17)35-19)23(32)26(33)29(21)27-28-14(2)25(36-27)15(3)30/h5-12,21,32H,1-4H3. The summed E-state index contributed by atoms with van der Waals surface area (Å²) >= 11 is 1.05. The molecule has 1 N–H and O–H groups in total. The molecule has 8 nitrogen and oxygen atoms in total. The topological polar surface area (TPSA) is 110 Å². The molecule has 0 bridgehead atoms. The number of fused-ring (bicyclic) bond motifs is 1. The Morgan fingerprint density at radius 2 is 1.86 bits per heavy atom. The van der Waals surface area contributed by atoms with E-state index in [1.54, 1.807) is 43.3 Å². The molecular weight excluding hydrogens is 480 g/mol. The highest BCUT2D eigenvalue weighted by atomic mass is 32.1. The number of hydrogen-bond acceptors (Lipinski definition) is 8. The van der Waals surface area contributed by atoms with Crippen molar-refractivity contribution in [2.24, 2.45) is 0 Å². The Hall–Kier alpha value is -4.24. The molecule has 0 saturated heterocycles. The predicted molar refractivity (Wildman–Crippen MR) is 135 cm³/mol. The van der Waals surface area contributed by atoms with Crippen molar-refractivity contribution < 1.29 is 28.6 Å². The van der Waals surface area contributed by atoms with Gasteiger partial charge < -0.3 is 14.3 Å². The maximum Gasteiger partial charge on any atom is 0.296 e. The van der Waals surface area contributed by atoms with Gasteiger partial charge in [-0.25, -0.2) is 4.98 Å². The van der Waals surface area contributed by atoms with Gasteiger partial charge in [-0.3, -0.25) is 19.3 Å². The summed E-state index contributed by atoms with van der Waals surface area (Å²) in [5, 5.41) is 11.8. The summed E-state index contributed by atoms with van der Waals surface area (Å²) in [5.74, 6) is -1.86. The molecule has 4 aromatic rings. The number of carbonyl (C=O) groups excluding carboxylic acids is 3. The Morgan fingerprint density at radius 1 is 1.14 bits per heavy atom. The number of amides is 1. The SMILES string of the molecule is COc1cccc2cc(C(=O)C3=C(O)C(=O)N(c4nc(C)c(C(C)=O)s4)C3c3ccc(C)cc3)oc12. The lowest BCUT2D eigenvalue weighted by atomic mass is 9.94. The van der Waals surface area contributed by atoms with Gasteiger partial charge in [-0.2, -0.15) is 0 Å². The van der Waals surface area contributed by atoms with Crippen molar-refractivity contribution in [3.05, 3.63) is 87.3 Å². The van der Waals surface area contributed by atoms with Gasteiger partial charge in [-0.05, 0) is 31.5 Å². The van der Waals surface area contributed by atoms with E-state index in [1.165, 1.54) is 18.9 Å². The molecule has 0 aliphatic carbocycles. The van der Waals surface area contributed by atoms with E-state index in [4.69, 9.17) is 9.15 Å². The monoisotopic (exact) mass is 502 g/mol. The first-order valence-electron chi connectivity index (χ1n) is 11.1. The molecule has 1 amide bonds. The number of rotatable bonds is 6. The number of hydrogen-bond donors (Lipinski definition) is 1. The number of anilines is 1. The maximum atomic E-state index is 13.8. The van der Waals surface area contributed by atoms with Crippen LogP contribution in [0.4, 0.5) is 5.13 Å². The molecule has 3 heterocycles. The van der Waals surface area contributed by atoms with Crippen LogP contribution in [0.5, 0.6) is 5.75 Å². The number of para-hydroxylation sites is 1. The molecule has 182 valence electrons. The number of aryl methyl sites for hydroxylation is 2. The number of benzene rings is 2. The minimum atomic E-state index is -0.967. The summed E-state index contributed by atoms with van der Waals surface area (Å²) in [6.45, 7) is 5.03. The van der Waals surface area contributed by atoms with Crippen molar-refractivity contribution in [2.75, 3.05) is 12.0 Å². The van der Waals surface area contributed by atoms with Gasteiger partial charge in [-0.1, -0.05) is 53.3 Å². The molecule has 2 aromatic heterocycles. The van der Waals surface area contributed by atoms with Crippen molar-refractivity contribution in [3.63, 3.8) is 0 Å². The molecule has 1 aliphatic rings. The van der Waals surface area contributed by atoms with Crippen molar-refractivity contribution in [1.82, 2.24) is 4.98 Å². The normalized spacial score (nSPS) is 15.7. The molecule has 36 heavy (non-hydrogen) atoms. The Labute approximate surface area is 210 Å². The third kappa shape index (κ3) is 3.68. The van der Waals surface area contributed by atoms with Crippen molar-refractivity contribution in [3.8, 4) is 5.75 Å². The van der Waals surface area contributed by atoms with E-state index in [1.807, 2.05) is 19.1 Å². The third-order valence-electron chi connectivity index (χ3n) is 6.11. The second-order valence-electron chi connectivity index (χ2n) is 8.54. The van der Waals surface area contributed by atoms with Gasteiger partial charge in [-0.15, -0.1) is 0 Å². The van der Waals surface area contributed by atoms with Crippen molar-refractivity contribution in [2.45, 2.75) is 26.8 Å². The van der Waals surface area contributed by atoms with Crippen LogP contribution in [0, 0.1) is 13.8 Å². The van der Waals surface area contributed by atoms with Crippen LogP contribution in [0.25, 0.3) is 11.0 Å². The first-order valence-corrected chi connectivity index (χ1v) is 12.0. The van der Waals surface area contributed by atoms with Crippen LogP contribution in [0.15, 0.2) is 64.3 Å². The van der Waals surface area contributed by atoms with E-state index in [0.29, 0.717) is 32.9 Å². The van der Waals surface area contributed by atoms with Gasteiger partial charge in [0.25, 0.3) is 5.91 Å². The minimum absolute atomic E-state index is 0.0393. The smallest absolute Gasteiger partial charge is 0.296 e. The zero-order chi connectivity index (χ0) is 25.7. The maximum absolute atomic E-state index is 13.8. The molecule has 1 atom stereocenters. The number of thiazole rings is 1. The quantitative estimate of drug-likeness (QED) is 0.347. The van der Waals surface area contributed by atoms with Crippen LogP contribution in [0.2, 0.25) is 0 Å². The van der Waals surface area contributed by atoms with E-state index in [9.17, 15) is 19.5 Å². The summed E-state index contributed by atoms with van der Waals surface area (Å²) in [4.78, 5) is 45.3. The van der Waals surface area contributed by atoms with Crippen LogP contribution in [0.3, 0.4) is 0 Å². The van der Waals surface area contributed by atoms with Gasteiger partial charge in [0.05, 0.1) is 29.3 Å². The Morgan fingerprint density at radius 3 is 2.50 bits per heavy atom. The summed E-state index contributed by atoms with van der Waals surface area (Å²) in [5.41, 5.74) is 2.33. The molecule has 0 radical (unpaired) electrons. The minimum Gasteiger partial charge on any atom is -0.503 e. The average molecular weight is 503 g/mol. The van der Waals surface area contributed by atoms with E-state index >= 15 is 0 Å². The van der Waals surface area contributed by atoms with E-state index < -0.39 is 23.5 Å². The number of Topliss-reactive ketones (excluding diaryl/α,β-unsaturated/α-hetero) is 2. The van der Waals surface area contributed by atoms with Gasteiger partial charge >= 0.3 is 0 Å². The molecular formula is C27H22N2O6S. The summed E-state index contributed by atoms with van der Waals surface area (Å²) in [6.07, 6.45) is 0. The van der Waals surface area contributed by atoms with Crippen LogP contribution >= 0.6 is 11.3 Å². The number of furan rings is 1. The third-order valence-corrected chi connectivity index (χ3v) is 7.37. The number of nitrogens with zero attached hydrogens (tertiary/aromatic N) is 2. The second kappa shape index (κ2) is 8.76. The summed E-state index contributed by atoms with van der Waals surface area (Å²) in [6, 6.07) is 13.1. The molecule has 5 rings (SSSR count). The van der Waals surface area contributed by atoms with Crippen molar-refractivity contribution in [1.29, 1.82) is 0 Å². The number of aromatic nitrogens is 1. The number of aliphatic hydroxyl groups is 1. The highest BCUT2D eigenvalue weighted by Gasteiger charge is 2.46. The van der Waals surface area contributed by atoms with E-state index in [0.717, 1.165) is 16.9 Å². The number of carbonyl (C=O) groups is 3. The molecule has 1 aliphatic heterocycles. The molecule has 0 spiro atoms. The van der Waals surface area contributed by atoms with E-state index in [-0.39, 0.29) is 22.2 Å². The first-order chi connectivity index (χ1) is 17.2. The molecule has 2 aromatic carbocycles. The van der Waals surface area contributed by atoms with Gasteiger partial charge in [0.15, 0.2) is 33.8 Å². The fourth-order valence-corrected chi connectivity index (χ4v) is 5.34. The molecule has 9 heteroatoms. The number of methoxy groups -OCH3 is 1.